The van der Waals surface area contributed by atoms with Crippen LogP contribution in [-0.2, 0) is 26.1 Å². The third-order valence-corrected chi connectivity index (χ3v) is 4.38. The van der Waals surface area contributed by atoms with Gasteiger partial charge in [-0.25, -0.2) is 13.6 Å². The highest BCUT2D eigenvalue weighted by molar-refractivity contribution is 7.89. The van der Waals surface area contributed by atoms with Crippen LogP contribution in [0, 0.1) is 0 Å². The summed E-state index contributed by atoms with van der Waals surface area (Å²) >= 11 is 0. The minimum atomic E-state index is -3.72. The number of amides is 1. The van der Waals surface area contributed by atoms with E-state index in [1.165, 1.54) is 12.1 Å². The monoisotopic (exact) mass is 312 g/mol. The predicted molar refractivity (Wildman–Crippen MR) is 77.9 cm³/mol. The third-order valence-electron chi connectivity index (χ3n) is 3.47. The smallest absolute Gasteiger partial charge is 0.246 e. The molecule has 0 radical (unpaired) electrons. The topological polar surface area (TPSA) is 98.5 Å². The summed E-state index contributed by atoms with van der Waals surface area (Å²) in [5, 5.41) is 7.77. The lowest BCUT2D eigenvalue weighted by Gasteiger charge is -2.11. The predicted octanol–water partition coefficient (Wildman–Crippen LogP) is 0.909. The first-order valence-electron chi connectivity index (χ1n) is 6.95. The van der Waals surface area contributed by atoms with E-state index in [1.54, 1.807) is 12.1 Å². The van der Waals surface area contributed by atoms with Crippen molar-refractivity contribution in [3.8, 4) is 0 Å². The van der Waals surface area contributed by atoms with Crippen molar-refractivity contribution in [1.82, 2.24) is 5.32 Å². The highest BCUT2D eigenvalue weighted by atomic mass is 32.2. The number of ether oxygens (including phenoxy) is 1. The van der Waals surface area contributed by atoms with Gasteiger partial charge in [-0.15, -0.1) is 0 Å². The minimum Gasteiger partial charge on any atom is -0.368 e. The van der Waals surface area contributed by atoms with Gasteiger partial charge in [-0.3, -0.25) is 4.79 Å². The van der Waals surface area contributed by atoms with E-state index < -0.39 is 10.0 Å². The molecule has 1 aliphatic carbocycles. The average Bonchev–Trinajstić information content (AvgIpc) is 2.95. The van der Waals surface area contributed by atoms with Crippen LogP contribution in [0.4, 0.5) is 0 Å². The van der Waals surface area contributed by atoms with E-state index in [0.29, 0.717) is 5.56 Å². The normalized spacial score (nSPS) is 16.0. The van der Waals surface area contributed by atoms with Crippen molar-refractivity contribution in [1.29, 1.82) is 0 Å². The van der Waals surface area contributed by atoms with E-state index >= 15 is 0 Å². The summed E-state index contributed by atoms with van der Waals surface area (Å²) in [7, 11) is -3.72. The second kappa shape index (κ2) is 7.02. The van der Waals surface area contributed by atoms with Crippen LogP contribution in [0.3, 0.4) is 0 Å². The molecular formula is C14H20N2O4S. The molecule has 0 saturated heterocycles. The van der Waals surface area contributed by atoms with Crippen LogP contribution in [0.2, 0.25) is 0 Å². The van der Waals surface area contributed by atoms with Gasteiger partial charge in [0.2, 0.25) is 15.9 Å². The molecule has 6 nitrogen and oxygen atoms in total. The molecule has 3 N–H and O–H groups in total. The Kier molecular flexibility index (Phi) is 5.33. The van der Waals surface area contributed by atoms with E-state index in [-0.39, 0.29) is 30.1 Å². The lowest BCUT2D eigenvalue weighted by Crippen LogP contribution is -2.29. The fraction of sp³-hybridized carbons (Fsp3) is 0.500. The molecule has 21 heavy (non-hydrogen) atoms. The lowest BCUT2D eigenvalue weighted by molar-refractivity contribution is -0.127. The van der Waals surface area contributed by atoms with Crippen molar-refractivity contribution in [2.24, 2.45) is 5.14 Å². The number of hydrogen-bond donors (Lipinski definition) is 2. The van der Waals surface area contributed by atoms with Gasteiger partial charge >= 0.3 is 0 Å². The van der Waals surface area contributed by atoms with E-state index in [1.807, 2.05) is 0 Å². The number of carbonyl (C=O) groups is 1. The van der Waals surface area contributed by atoms with Gasteiger partial charge < -0.3 is 10.1 Å². The van der Waals surface area contributed by atoms with Crippen LogP contribution in [-0.4, -0.2) is 27.0 Å². The second-order valence-electron chi connectivity index (χ2n) is 5.19. The number of nitrogens with two attached hydrogens (primary N) is 1. The maximum Gasteiger partial charge on any atom is 0.246 e. The standard InChI is InChI=1S/C14H20N2O4S/c15-21(18,19)13-7-3-4-11(8-13)9-16-14(17)10-20-12-5-1-2-6-12/h3-4,7-8,12H,1-2,5-6,9-10H2,(H,16,17)(H2,15,18,19). The number of benzene rings is 1. The van der Waals surface area contributed by atoms with Gasteiger partial charge in [0, 0.05) is 6.54 Å². The van der Waals surface area contributed by atoms with Crippen molar-refractivity contribution in [3.63, 3.8) is 0 Å². The molecule has 1 amide bonds. The first kappa shape index (κ1) is 15.9. The summed E-state index contributed by atoms with van der Waals surface area (Å²) in [6.45, 7) is 0.287. The van der Waals surface area contributed by atoms with Crippen molar-refractivity contribution < 1.29 is 17.9 Å². The fourth-order valence-electron chi connectivity index (χ4n) is 2.33. The highest BCUT2D eigenvalue weighted by Crippen LogP contribution is 2.20. The van der Waals surface area contributed by atoms with Crippen molar-refractivity contribution in [2.75, 3.05) is 6.61 Å². The molecule has 1 aliphatic rings. The molecule has 1 fully saturated rings. The molecule has 0 atom stereocenters. The van der Waals surface area contributed by atoms with Gasteiger partial charge in [0.15, 0.2) is 0 Å². The first-order valence-corrected chi connectivity index (χ1v) is 8.50. The van der Waals surface area contributed by atoms with Gasteiger partial charge in [0.05, 0.1) is 11.0 Å². The molecule has 1 aromatic rings. The van der Waals surface area contributed by atoms with E-state index in [9.17, 15) is 13.2 Å². The largest absolute Gasteiger partial charge is 0.368 e. The number of sulfonamides is 1. The Labute approximate surface area is 124 Å². The zero-order valence-corrected chi connectivity index (χ0v) is 12.6. The Balaban J connectivity index is 1.80. The van der Waals surface area contributed by atoms with E-state index in [2.05, 4.69) is 5.32 Å². The molecule has 0 heterocycles. The summed E-state index contributed by atoms with van der Waals surface area (Å²) in [4.78, 5) is 11.7. The molecule has 1 saturated carbocycles. The van der Waals surface area contributed by atoms with Crippen LogP contribution in [0.25, 0.3) is 0 Å². The third kappa shape index (κ3) is 5.11. The van der Waals surface area contributed by atoms with Gasteiger partial charge in [-0.05, 0) is 30.5 Å². The van der Waals surface area contributed by atoms with E-state index in [0.717, 1.165) is 25.7 Å². The summed E-state index contributed by atoms with van der Waals surface area (Å²) in [6, 6.07) is 6.19. The molecule has 0 spiro atoms. The Morgan fingerprint density at radius 1 is 1.33 bits per heavy atom. The van der Waals surface area contributed by atoms with Crippen LogP contribution < -0.4 is 10.5 Å². The fourth-order valence-corrected chi connectivity index (χ4v) is 2.92. The van der Waals surface area contributed by atoms with Gasteiger partial charge in [0.1, 0.15) is 6.61 Å². The van der Waals surface area contributed by atoms with Crippen LogP contribution in [0.1, 0.15) is 31.2 Å². The average molecular weight is 312 g/mol. The molecule has 7 heteroatoms. The van der Waals surface area contributed by atoms with Crippen molar-refractivity contribution in [2.45, 2.75) is 43.2 Å². The zero-order chi connectivity index (χ0) is 15.3. The van der Waals surface area contributed by atoms with Gasteiger partial charge in [-0.1, -0.05) is 25.0 Å². The highest BCUT2D eigenvalue weighted by Gasteiger charge is 2.16. The number of nitrogens with one attached hydrogen (secondary N) is 1. The Morgan fingerprint density at radius 3 is 2.71 bits per heavy atom. The van der Waals surface area contributed by atoms with Gasteiger partial charge in [-0.2, -0.15) is 0 Å². The Morgan fingerprint density at radius 2 is 2.05 bits per heavy atom. The van der Waals surface area contributed by atoms with Crippen molar-refractivity contribution >= 4 is 15.9 Å². The molecule has 2 rings (SSSR count). The lowest BCUT2D eigenvalue weighted by atomic mass is 10.2. The van der Waals surface area contributed by atoms with Crippen LogP contribution >= 0.6 is 0 Å². The number of rotatable bonds is 6. The number of carbonyl (C=O) groups excluding carboxylic acids is 1. The second-order valence-corrected chi connectivity index (χ2v) is 6.75. The molecular weight excluding hydrogens is 292 g/mol. The SMILES string of the molecule is NS(=O)(=O)c1cccc(CNC(=O)COC2CCCC2)c1. The molecule has 0 bridgehead atoms. The number of primary sulfonamides is 1. The number of hydrogen-bond acceptors (Lipinski definition) is 4. The summed E-state index contributed by atoms with van der Waals surface area (Å²) in [5.41, 5.74) is 0.677. The molecule has 0 unspecified atom stereocenters. The summed E-state index contributed by atoms with van der Waals surface area (Å²) in [6.07, 6.45) is 4.55. The first-order chi connectivity index (χ1) is 9.95. The summed E-state index contributed by atoms with van der Waals surface area (Å²) < 4.78 is 28.0. The summed E-state index contributed by atoms with van der Waals surface area (Å²) in [5.74, 6) is -0.206. The van der Waals surface area contributed by atoms with Gasteiger partial charge in [0.25, 0.3) is 0 Å². The maximum atomic E-state index is 11.7. The maximum absolute atomic E-state index is 11.7. The quantitative estimate of drug-likeness (QED) is 0.815. The Bertz CT molecular complexity index is 595. The van der Waals surface area contributed by atoms with Crippen LogP contribution in [0.15, 0.2) is 29.2 Å². The molecule has 1 aromatic carbocycles. The zero-order valence-electron chi connectivity index (χ0n) is 11.7. The molecule has 0 aromatic heterocycles. The van der Waals surface area contributed by atoms with E-state index in [4.69, 9.17) is 9.88 Å². The Hall–Kier alpha value is -1.44. The molecule has 0 aliphatic heterocycles. The molecule has 116 valence electrons. The van der Waals surface area contributed by atoms with Crippen LogP contribution in [0.5, 0.6) is 0 Å². The minimum absolute atomic E-state index is 0.0384. The van der Waals surface area contributed by atoms with Crippen molar-refractivity contribution in [3.05, 3.63) is 29.8 Å².